The Balaban J connectivity index is 0.995. The molecule has 0 unspecified atom stereocenters. The van der Waals surface area contributed by atoms with Crippen LogP contribution in [0, 0.1) is 0 Å². The van der Waals surface area contributed by atoms with Crippen LogP contribution >= 0.6 is 0 Å². The number of nitrogens with zero attached hydrogens (tertiary/aromatic N) is 5. The number of fused-ring (bicyclic) bond motifs is 4. The van der Waals surface area contributed by atoms with Crippen LogP contribution in [0.1, 0.15) is 79.3 Å². The Morgan fingerprint density at radius 1 is 0.822 bits per heavy atom. The van der Waals surface area contributed by atoms with Crippen molar-refractivity contribution in [3.05, 3.63) is 106 Å². The molecule has 2 aliphatic heterocycles. The van der Waals surface area contributed by atoms with Gasteiger partial charge in [-0.15, -0.1) is 5.10 Å². The summed E-state index contributed by atoms with van der Waals surface area (Å²) >= 11 is 0. The van der Waals surface area contributed by atoms with Crippen molar-refractivity contribution in [1.29, 1.82) is 0 Å². The fourth-order valence-electron chi connectivity index (χ4n) is 6.27. The number of likely N-dealkylation sites (tertiary alicyclic amines) is 1. The number of amides is 3. The molecule has 0 bridgehead atoms. The van der Waals surface area contributed by atoms with E-state index in [9.17, 15) is 28.0 Å². The maximum Gasteiger partial charge on any atom is 0.409 e. The predicted molar refractivity (Wildman–Crippen MR) is 152 cm³/mol. The minimum absolute atomic E-state index is 0.0243. The van der Waals surface area contributed by atoms with Gasteiger partial charge >= 0.3 is 12.1 Å². The number of hydroxylamine groups is 2. The maximum atomic E-state index is 14.2. The lowest BCUT2D eigenvalue weighted by Gasteiger charge is -2.32. The van der Waals surface area contributed by atoms with E-state index in [4.69, 9.17) is 9.57 Å². The molecule has 1 saturated heterocycles. The number of piperidine rings is 1. The summed E-state index contributed by atoms with van der Waals surface area (Å²) in [6.07, 6.45) is -3.17. The zero-order chi connectivity index (χ0) is 31.2. The molecule has 11 nitrogen and oxygen atoms in total. The summed E-state index contributed by atoms with van der Waals surface area (Å²) in [4.78, 5) is 57.4. The van der Waals surface area contributed by atoms with Crippen LogP contribution in [0.3, 0.4) is 0 Å². The number of imide groups is 1. The first-order valence-electron chi connectivity index (χ1n) is 14.4. The molecule has 1 aromatic heterocycles. The average Bonchev–Trinajstić information content (AvgIpc) is 3.72. The highest BCUT2D eigenvalue weighted by Gasteiger charge is 2.41. The average molecular weight is 614 g/mol. The van der Waals surface area contributed by atoms with Crippen molar-refractivity contribution in [1.82, 2.24) is 25.0 Å². The third kappa shape index (κ3) is 4.80. The lowest BCUT2D eigenvalue weighted by molar-refractivity contribution is -0.0591. The van der Waals surface area contributed by atoms with Gasteiger partial charge in [-0.05, 0) is 47.2 Å². The second kappa shape index (κ2) is 11.2. The number of carbonyl (C=O) groups excluding carboxylic acids is 4. The van der Waals surface area contributed by atoms with Crippen molar-refractivity contribution in [3.63, 3.8) is 0 Å². The lowest BCUT2D eigenvalue weighted by Crippen LogP contribution is -2.40. The van der Waals surface area contributed by atoms with Crippen LogP contribution in [-0.4, -0.2) is 68.5 Å². The number of hydrogen-bond acceptors (Lipinski definition) is 8. The van der Waals surface area contributed by atoms with Crippen LogP contribution in [0.4, 0.5) is 13.6 Å². The van der Waals surface area contributed by atoms with Gasteiger partial charge in [-0.2, -0.15) is 0 Å². The summed E-state index contributed by atoms with van der Waals surface area (Å²) in [6, 6.07) is 21.3. The third-order valence-electron chi connectivity index (χ3n) is 8.47. The molecule has 3 heterocycles. The van der Waals surface area contributed by atoms with Gasteiger partial charge in [0.25, 0.3) is 18.2 Å². The van der Waals surface area contributed by atoms with E-state index in [2.05, 4.69) is 10.3 Å². The third-order valence-corrected chi connectivity index (χ3v) is 8.47. The Labute approximate surface area is 254 Å². The molecule has 0 saturated carbocycles. The molecule has 228 valence electrons. The Morgan fingerprint density at radius 3 is 1.91 bits per heavy atom. The van der Waals surface area contributed by atoms with Gasteiger partial charge in [0.1, 0.15) is 12.3 Å². The fraction of sp³-hybridized carbons (Fsp3) is 0.250. The normalized spacial score (nSPS) is 16.2. The van der Waals surface area contributed by atoms with E-state index in [0.717, 1.165) is 26.9 Å². The monoisotopic (exact) mass is 613 g/mol. The number of ether oxygens (including phenoxy) is 1. The molecule has 3 amide bonds. The molecular weight excluding hydrogens is 588 g/mol. The van der Waals surface area contributed by atoms with Gasteiger partial charge in [0.15, 0.2) is 0 Å². The van der Waals surface area contributed by atoms with Crippen LogP contribution in [0.5, 0.6) is 0 Å². The van der Waals surface area contributed by atoms with Gasteiger partial charge in [-0.1, -0.05) is 70.9 Å². The summed E-state index contributed by atoms with van der Waals surface area (Å²) in [5, 5.41) is 7.65. The van der Waals surface area contributed by atoms with E-state index in [-0.39, 0.29) is 54.6 Å². The number of carbonyl (C=O) groups is 4. The first kappa shape index (κ1) is 28.3. The Morgan fingerprint density at radius 2 is 1.36 bits per heavy atom. The minimum atomic E-state index is -3.16. The summed E-state index contributed by atoms with van der Waals surface area (Å²) in [6.45, 7) is 0.571. The molecule has 0 radical (unpaired) electrons. The molecule has 13 heteroatoms. The smallest absolute Gasteiger partial charge is 0.409 e. The number of hydrogen-bond donors (Lipinski definition) is 0. The van der Waals surface area contributed by atoms with E-state index in [0.29, 0.717) is 0 Å². The number of aromatic nitrogens is 3. The van der Waals surface area contributed by atoms with Gasteiger partial charge < -0.3 is 14.5 Å². The molecule has 1 fully saturated rings. The van der Waals surface area contributed by atoms with E-state index in [1.54, 1.807) is 0 Å². The van der Waals surface area contributed by atoms with Crippen LogP contribution in [0.15, 0.2) is 72.8 Å². The van der Waals surface area contributed by atoms with E-state index in [1.165, 1.54) is 29.2 Å². The van der Waals surface area contributed by atoms with E-state index in [1.807, 2.05) is 48.5 Å². The summed E-state index contributed by atoms with van der Waals surface area (Å²) < 4.78 is 35.2. The van der Waals surface area contributed by atoms with Crippen molar-refractivity contribution in [2.24, 2.45) is 0 Å². The number of alkyl halides is 2. The second-order valence-electron chi connectivity index (χ2n) is 10.9. The Hall–Kier alpha value is -5.46. The van der Waals surface area contributed by atoms with Crippen LogP contribution in [0.2, 0.25) is 0 Å². The van der Waals surface area contributed by atoms with Crippen LogP contribution in [-0.2, 0) is 9.57 Å². The highest BCUT2D eigenvalue weighted by Crippen LogP contribution is 2.44. The first-order chi connectivity index (χ1) is 21.8. The molecule has 7 rings (SSSR count). The fourth-order valence-corrected chi connectivity index (χ4v) is 6.27. The van der Waals surface area contributed by atoms with Crippen LogP contribution in [0.25, 0.3) is 11.1 Å². The topological polar surface area (TPSA) is 124 Å². The number of rotatable bonds is 6. The standard InChI is InChI=1S/C32H25F2N5O6/c33-28(34)27-26(31(42)45-39-29(40)23-11-5-6-12-24(23)30(39)41)35-36-38(27)18-13-15-37(16-14-18)32(43)44-17-25-21-9-3-1-7-19(21)20-8-2-4-10-22(20)25/h1-12,18,25,28H,13-17H2. The molecule has 4 aromatic rings. The summed E-state index contributed by atoms with van der Waals surface area (Å²) in [5.74, 6) is -3.30. The van der Waals surface area contributed by atoms with E-state index < -0.39 is 47.7 Å². The van der Waals surface area contributed by atoms with Gasteiger partial charge in [0, 0.05) is 19.0 Å². The van der Waals surface area contributed by atoms with Crippen molar-refractivity contribution in [3.8, 4) is 11.1 Å². The summed E-state index contributed by atoms with van der Waals surface area (Å²) in [5.41, 5.74) is 2.86. The van der Waals surface area contributed by atoms with Crippen molar-refractivity contribution >= 4 is 23.9 Å². The highest BCUT2D eigenvalue weighted by atomic mass is 19.3. The molecule has 45 heavy (non-hydrogen) atoms. The zero-order valence-corrected chi connectivity index (χ0v) is 23.6. The van der Waals surface area contributed by atoms with Crippen molar-refractivity contribution in [2.45, 2.75) is 31.2 Å². The second-order valence-corrected chi connectivity index (χ2v) is 10.9. The quantitative estimate of drug-likeness (QED) is 0.273. The Kier molecular flexibility index (Phi) is 7.07. The Bertz CT molecular complexity index is 1770. The lowest BCUT2D eigenvalue weighted by atomic mass is 9.98. The van der Waals surface area contributed by atoms with Crippen molar-refractivity contribution in [2.75, 3.05) is 19.7 Å². The minimum Gasteiger partial charge on any atom is -0.448 e. The number of benzene rings is 3. The molecule has 0 atom stereocenters. The van der Waals surface area contributed by atoms with Gasteiger partial charge in [-0.3, -0.25) is 9.59 Å². The van der Waals surface area contributed by atoms with Gasteiger partial charge in [0.05, 0.1) is 17.2 Å². The molecule has 3 aromatic carbocycles. The maximum absolute atomic E-state index is 14.2. The van der Waals surface area contributed by atoms with Gasteiger partial charge in [-0.25, -0.2) is 23.1 Å². The largest absolute Gasteiger partial charge is 0.448 e. The van der Waals surface area contributed by atoms with E-state index >= 15 is 0 Å². The molecule has 0 spiro atoms. The molecule has 0 N–H and O–H groups in total. The molecular formula is C32H25F2N5O6. The SMILES string of the molecule is O=C(ON1C(=O)c2ccccc2C1=O)c1nnn(C2CCN(C(=O)OCC3c4ccccc4-c4ccccc43)CC2)c1C(F)F. The number of halogens is 2. The first-order valence-corrected chi connectivity index (χ1v) is 14.4. The van der Waals surface area contributed by atoms with Gasteiger partial charge in [0.2, 0.25) is 5.69 Å². The highest BCUT2D eigenvalue weighted by molar-refractivity contribution is 6.21. The molecule has 3 aliphatic rings. The summed E-state index contributed by atoms with van der Waals surface area (Å²) in [7, 11) is 0. The van der Waals surface area contributed by atoms with Crippen molar-refractivity contribution < 1.29 is 37.5 Å². The zero-order valence-electron chi connectivity index (χ0n) is 23.6. The predicted octanol–water partition coefficient (Wildman–Crippen LogP) is 5.17. The van der Waals surface area contributed by atoms with Crippen LogP contribution < -0.4 is 0 Å². The molecule has 1 aliphatic carbocycles.